The fourth-order valence-corrected chi connectivity index (χ4v) is 2.62. The van der Waals surface area contributed by atoms with Gasteiger partial charge in [0.15, 0.2) is 0 Å². The summed E-state index contributed by atoms with van der Waals surface area (Å²) < 4.78 is 16.3. The van der Waals surface area contributed by atoms with Crippen molar-refractivity contribution in [2.45, 2.75) is 6.42 Å². The Morgan fingerprint density at radius 1 is 1.35 bits per heavy atom. The molecule has 0 spiro atoms. The van der Waals surface area contributed by atoms with E-state index in [2.05, 4.69) is 15.4 Å². The zero-order valence-electron chi connectivity index (χ0n) is 12.7. The van der Waals surface area contributed by atoms with Gasteiger partial charge in [-0.1, -0.05) is 11.6 Å². The fourth-order valence-electron chi connectivity index (χ4n) is 2.38. The Hall–Kier alpha value is -2.41. The van der Waals surface area contributed by atoms with E-state index in [1.807, 2.05) is 11.6 Å². The predicted molar refractivity (Wildman–Crippen MR) is 87.4 cm³/mol. The first kappa shape index (κ1) is 15.5. The molecule has 1 aromatic carbocycles. The Morgan fingerprint density at radius 2 is 2.13 bits per heavy atom. The molecule has 6 nitrogen and oxygen atoms in total. The van der Waals surface area contributed by atoms with E-state index >= 15 is 0 Å². The van der Waals surface area contributed by atoms with Gasteiger partial charge in [-0.05, 0) is 18.2 Å². The molecular formula is C15H15ClFN5O. The number of anilines is 1. The van der Waals surface area contributed by atoms with Gasteiger partial charge in [0.05, 0.1) is 22.9 Å². The Bertz CT molecular complexity index is 933. The smallest absolute Gasteiger partial charge is 0.287 e. The third kappa shape index (κ3) is 2.92. The van der Waals surface area contributed by atoms with E-state index in [4.69, 9.17) is 11.6 Å². The topological polar surface area (TPSA) is 64.7 Å². The monoisotopic (exact) mass is 335 g/mol. The summed E-state index contributed by atoms with van der Waals surface area (Å²) in [7, 11) is 3.38. The lowest BCUT2D eigenvalue weighted by Gasteiger charge is -2.08. The molecule has 1 N–H and O–H groups in total. The molecule has 0 unspecified atom stereocenters. The van der Waals surface area contributed by atoms with Gasteiger partial charge >= 0.3 is 0 Å². The van der Waals surface area contributed by atoms with Gasteiger partial charge in [0.1, 0.15) is 16.7 Å². The number of imidazole rings is 1. The van der Waals surface area contributed by atoms with Crippen molar-refractivity contribution in [1.82, 2.24) is 19.3 Å². The van der Waals surface area contributed by atoms with Crippen LogP contribution in [-0.2, 0) is 20.5 Å². The minimum atomic E-state index is -0.352. The van der Waals surface area contributed by atoms with Crippen molar-refractivity contribution in [3.8, 4) is 0 Å². The highest BCUT2D eigenvalue weighted by Gasteiger charge is 2.10. The van der Waals surface area contributed by atoms with Crippen molar-refractivity contribution in [2.24, 2.45) is 14.1 Å². The summed E-state index contributed by atoms with van der Waals surface area (Å²) in [5, 5.41) is 7.11. The van der Waals surface area contributed by atoms with Crippen molar-refractivity contribution >= 4 is 28.3 Å². The molecule has 0 saturated carbocycles. The number of fused-ring (bicyclic) bond motifs is 1. The Morgan fingerprint density at radius 3 is 2.91 bits per heavy atom. The first-order valence-corrected chi connectivity index (χ1v) is 7.41. The van der Waals surface area contributed by atoms with Crippen molar-refractivity contribution in [2.75, 3.05) is 11.9 Å². The van der Waals surface area contributed by atoms with Crippen LogP contribution in [0.2, 0.25) is 5.02 Å². The average molecular weight is 336 g/mol. The van der Waals surface area contributed by atoms with Crippen LogP contribution in [0.1, 0.15) is 5.82 Å². The largest absolute Gasteiger partial charge is 0.382 e. The quantitative estimate of drug-likeness (QED) is 0.793. The normalized spacial score (nSPS) is 11.1. The van der Waals surface area contributed by atoms with Crippen LogP contribution in [0.5, 0.6) is 0 Å². The van der Waals surface area contributed by atoms with E-state index in [9.17, 15) is 9.18 Å². The van der Waals surface area contributed by atoms with Crippen LogP contribution in [0.15, 0.2) is 29.2 Å². The third-order valence-electron chi connectivity index (χ3n) is 3.68. The maximum Gasteiger partial charge on any atom is 0.287 e. The fraction of sp³-hybridized carbons (Fsp3) is 0.267. The van der Waals surface area contributed by atoms with Crippen LogP contribution in [0.4, 0.5) is 10.1 Å². The second kappa shape index (κ2) is 6.00. The van der Waals surface area contributed by atoms with Gasteiger partial charge in [-0.15, -0.1) is 0 Å². The lowest BCUT2D eigenvalue weighted by atomic mass is 10.3. The second-order valence-electron chi connectivity index (χ2n) is 5.20. The second-order valence-corrected chi connectivity index (χ2v) is 5.58. The molecule has 0 saturated heterocycles. The van der Waals surface area contributed by atoms with Gasteiger partial charge < -0.3 is 9.88 Å². The summed E-state index contributed by atoms with van der Waals surface area (Å²) >= 11 is 5.99. The molecule has 2 aromatic heterocycles. The van der Waals surface area contributed by atoms with E-state index in [0.29, 0.717) is 18.7 Å². The Balaban J connectivity index is 1.76. The Labute approximate surface area is 136 Å². The molecule has 0 amide bonds. The van der Waals surface area contributed by atoms with Crippen molar-refractivity contribution in [1.29, 1.82) is 0 Å². The minimum Gasteiger partial charge on any atom is -0.382 e. The lowest BCUT2D eigenvalue weighted by molar-refractivity contribution is 0.628. The van der Waals surface area contributed by atoms with Crippen LogP contribution in [-0.4, -0.2) is 25.9 Å². The van der Waals surface area contributed by atoms with Gasteiger partial charge in [0.25, 0.3) is 5.56 Å². The first-order chi connectivity index (χ1) is 11.0. The number of nitrogens with zero attached hydrogens (tertiary/aromatic N) is 4. The SMILES string of the molecule is Cn1ncc(NCCc2nc3ccc(F)cc3n2C)c(Cl)c1=O. The summed E-state index contributed by atoms with van der Waals surface area (Å²) in [4.78, 5) is 16.2. The highest BCUT2D eigenvalue weighted by Crippen LogP contribution is 2.18. The molecule has 0 aliphatic carbocycles. The zero-order chi connectivity index (χ0) is 16.6. The summed E-state index contributed by atoms with van der Waals surface area (Å²) in [6.45, 7) is 0.522. The molecule has 23 heavy (non-hydrogen) atoms. The number of aromatic nitrogens is 4. The molecule has 3 aromatic rings. The molecular weight excluding hydrogens is 321 g/mol. The van der Waals surface area contributed by atoms with Gasteiger partial charge in [0.2, 0.25) is 0 Å². The molecule has 0 aliphatic heterocycles. The highest BCUT2D eigenvalue weighted by atomic mass is 35.5. The van der Waals surface area contributed by atoms with E-state index < -0.39 is 0 Å². The number of rotatable bonds is 4. The number of nitrogens with one attached hydrogen (secondary N) is 1. The molecule has 3 rings (SSSR count). The van der Waals surface area contributed by atoms with Crippen molar-refractivity contribution in [3.63, 3.8) is 0 Å². The average Bonchev–Trinajstić information content (AvgIpc) is 2.84. The minimum absolute atomic E-state index is 0.106. The van der Waals surface area contributed by atoms with Crippen LogP contribution >= 0.6 is 11.6 Å². The number of hydrogen-bond donors (Lipinski definition) is 1. The molecule has 120 valence electrons. The van der Waals surface area contributed by atoms with Crippen molar-refractivity contribution < 1.29 is 4.39 Å². The van der Waals surface area contributed by atoms with Gasteiger partial charge in [-0.2, -0.15) is 5.10 Å². The van der Waals surface area contributed by atoms with Crippen LogP contribution in [0.25, 0.3) is 11.0 Å². The summed E-state index contributed by atoms with van der Waals surface area (Å²) in [6.07, 6.45) is 2.10. The van der Waals surface area contributed by atoms with Crippen LogP contribution in [0, 0.1) is 5.82 Å². The molecule has 0 bridgehead atoms. The van der Waals surface area contributed by atoms with E-state index in [1.165, 1.54) is 30.1 Å². The highest BCUT2D eigenvalue weighted by molar-refractivity contribution is 6.32. The van der Waals surface area contributed by atoms with Gasteiger partial charge in [-0.3, -0.25) is 4.79 Å². The molecule has 8 heteroatoms. The molecule has 0 fully saturated rings. The van der Waals surface area contributed by atoms with E-state index in [-0.39, 0.29) is 16.4 Å². The summed E-state index contributed by atoms with van der Waals surface area (Å²) in [6, 6.07) is 4.51. The third-order valence-corrected chi connectivity index (χ3v) is 4.04. The molecule has 0 atom stereocenters. The number of hydrogen-bond acceptors (Lipinski definition) is 4. The standard InChI is InChI=1S/C15H15ClFN5O/c1-21-12-7-9(17)3-4-10(12)20-13(21)5-6-18-11-8-19-22(2)15(23)14(11)16/h3-4,7-8,18H,5-6H2,1-2H3. The van der Waals surface area contributed by atoms with Crippen LogP contribution < -0.4 is 10.9 Å². The predicted octanol–water partition coefficient (Wildman–Crippen LogP) is 2.11. The summed E-state index contributed by atoms with van der Waals surface area (Å²) in [5.74, 6) is 0.522. The number of halogens is 2. The number of aryl methyl sites for hydroxylation is 2. The Kier molecular flexibility index (Phi) is 4.04. The lowest BCUT2D eigenvalue weighted by Crippen LogP contribution is -2.21. The maximum atomic E-state index is 13.3. The summed E-state index contributed by atoms with van der Waals surface area (Å²) in [5.41, 5.74) is 1.62. The van der Waals surface area contributed by atoms with Gasteiger partial charge in [0, 0.05) is 27.1 Å². The zero-order valence-corrected chi connectivity index (χ0v) is 13.4. The van der Waals surface area contributed by atoms with Gasteiger partial charge in [-0.25, -0.2) is 14.1 Å². The molecule has 2 heterocycles. The maximum absolute atomic E-state index is 13.3. The molecule has 0 aliphatic rings. The first-order valence-electron chi connectivity index (χ1n) is 7.04. The van der Waals surface area contributed by atoms with Crippen LogP contribution in [0.3, 0.4) is 0 Å². The molecule has 0 radical (unpaired) electrons. The van der Waals surface area contributed by atoms with Crippen molar-refractivity contribution in [3.05, 3.63) is 51.4 Å². The van der Waals surface area contributed by atoms with E-state index in [1.54, 1.807) is 6.07 Å². The van der Waals surface area contributed by atoms with E-state index in [0.717, 1.165) is 16.9 Å². The number of benzene rings is 1.